The smallest absolute Gasteiger partial charge is 0.356 e. The minimum absolute atomic E-state index is 0.0717. The van der Waals surface area contributed by atoms with Gasteiger partial charge in [0.25, 0.3) is 0 Å². The Hall–Kier alpha value is -1.66. The Morgan fingerprint density at radius 3 is 3.00 bits per heavy atom. The molecule has 18 heavy (non-hydrogen) atoms. The van der Waals surface area contributed by atoms with Gasteiger partial charge in [0.15, 0.2) is 5.69 Å². The summed E-state index contributed by atoms with van der Waals surface area (Å²) in [7, 11) is 0. The van der Waals surface area contributed by atoms with E-state index < -0.39 is 5.97 Å². The third kappa shape index (κ3) is 1.74. The summed E-state index contributed by atoms with van der Waals surface area (Å²) in [4.78, 5) is 11.1. The maximum atomic E-state index is 11.1. The average Bonchev–Trinajstić information content (AvgIpc) is 2.88. The Balaban J connectivity index is 2.19. The molecule has 2 heterocycles. The maximum absolute atomic E-state index is 11.1. The fourth-order valence-electron chi connectivity index (χ4n) is 2.03. The number of fused-ring (bicyclic) bond motifs is 1. The molecule has 0 saturated carbocycles. The monoisotopic (exact) mass is 308 g/mol. The van der Waals surface area contributed by atoms with Gasteiger partial charge in [-0.2, -0.15) is 5.10 Å². The predicted octanol–water partition coefficient (Wildman–Crippen LogP) is 2.36. The summed E-state index contributed by atoms with van der Waals surface area (Å²) in [5.41, 5.74) is 2.37. The van der Waals surface area contributed by atoms with Gasteiger partial charge in [-0.25, -0.2) is 9.48 Å². The number of nitrogens with zero attached hydrogens (tertiary/aromatic N) is 2. The summed E-state index contributed by atoms with van der Waals surface area (Å²) < 4.78 is 7.85. The van der Waals surface area contributed by atoms with Gasteiger partial charge in [0.05, 0.1) is 24.6 Å². The Labute approximate surface area is 111 Å². The summed E-state index contributed by atoms with van der Waals surface area (Å²) in [5.74, 6) is -1.02. The highest BCUT2D eigenvalue weighted by Gasteiger charge is 2.27. The standard InChI is InChI=1S/C12H9BrN2O3/c13-7-2-1-3-8(4-7)15-10-6-18-5-9(10)11(14-15)12(16)17/h1-4H,5-6H2,(H,16,17). The molecule has 0 amide bonds. The second kappa shape index (κ2) is 4.22. The van der Waals surface area contributed by atoms with E-state index in [2.05, 4.69) is 21.0 Å². The second-order valence-corrected chi connectivity index (χ2v) is 4.88. The maximum Gasteiger partial charge on any atom is 0.356 e. The third-order valence-electron chi connectivity index (χ3n) is 2.83. The minimum Gasteiger partial charge on any atom is -0.476 e. The molecule has 2 aromatic rings. The summed E-state index contributed by atoms with van der Waals surface area (Å²) in [6, 6.07) is 7.55. The van der Waals surface area contributed by atoms with Crippen LogP contribution in [-0.2, 0) is 18.0 Å². The van der Waals surface area contributed by atoms with E-state index >= 15 is 0 Å². The minimum atomic E-state index is -1.02. The van der Waals surface area contributed by atoms with Gasteiger partial charge >= 0.3 is 5.97 Å². The van der Waals surface area contributed by atoms with Gasteiger partial charge in [-0.3, -0.25) is 0 Å². The zero-order valence-corrected chi connectivity index (χ0v) is 10.8. The number of hydrogen-bond acceptors (Lipinski definition) is 3. The molecule has 1 N–H and O–H groups in total. The van der Waals surface area contributed by atoms with Gasteiger partial charge in [-0.15, -0.1) is 0 Å². The van der Waals surface area contributed by atoms with E-state index in [1.807, 2.05) is 24.3 Å². The highest BCUT2D eigenvalue weighted by molar-refractivity contribution is 9.10. The molecule has 0 saturated heterocycles. The van der Waals surface area contributed by atoms with Gasteiger partial charge in [0, 0.05) is 10.0 Å². The largest absolute Gasteiger partial charge is 0.476 e. The average molecular weight is 309 g/mol. The van der Waals surface area contributed by atoms with Crippen LogP contribution in [-0.4, -0.2) is 20.9 Å². The van der Waals surface area contributed by atoms with Gasteiger partial charge < -0.3 is 9.84 Å². The van der Waals surface area contributed by atoms with Gasteiger partial charge in [-0.1, -0.05) is 22.0 Å². The van der Waals surface area contributed by atoms with Crippen LogP contribution in [0.25, 0.3) is 5.69 Å². The molecule has 1 aliphatic rings. The van der Waals surface area contributed by atoms with E-state index in [9.17, 15) is 4.79 Å². The molecule has 6 heteroatoms. The molecule has 0 spiro atoms. The number of carboxylic acid groups (broad SMARTS) is 1. The fourth-order valence-corrected chi connectivity index (χ4v) is 2.42. The first-order valence-corrected chi connectivity index (χ1v) is 6.14. The zero-order valence-electron chi connectivity index (χ0n) is 9.26. The number of rotatable bonds is 2. The molecule has 1 aromatic carbocycles. The van der Waals surface area contributed by atoms with Crippen LogP contribution in [0.2, 0.25) is 0 Å². The van der Waals surface area contributed by atoms with E-state index in [4.69, 9.17) is 9.84 Å². The zero-order chi connectivity index (χ0) is 12.7. The molecule has 0 atom stereocenters. The number of ether oxygens (including phenoxy) is 1. The SMILES string of the molecule is O=C(O)c1nn(-c2cccc(Br)c2)c2c1COC2. The van der Waals surface area contributed by atoms with Crippen molar-refractivity contribution < 1.29 is 14.6 Å². The Kier molecular flexibility index (Phi) is 2.68. The molecule has 1 aliphatic heterocycles. The lowest BCUT2D eigenvalue weighted by atomic mass is 10.2. The molecule has 1 aromatic heterocycles. The van der Waals surface area contributed by atoms with Crippen LogP contribution in [0.1, 0.15) is 21.7 Å². The lowest BCUT2D eigenvalue weighted by molar-refractivity contribution is 0.0682. The van der Waals surface area contributed by atoms with Crippen molar-refractivity contribution in [3.63, 3.8) is 0 Å². The molecule has 5 nitrogen and oxygen atoms in total. The molecule has 3 rings (SSSR count). The number of halogens is 1. The van der Waals surface area contributed by atoms with Gasteiger partial charge in [0.2, 0.25) is 0 Å². The van der Waals surface area contributed by atoms with Crippen molar-refractivity contribution in [2.45, 2.75) is 13.2 Å². The van der Waals surface area contributed by atoms with E-state index in [-0.39, 0.29) is 5.69 Å². The summed E-state index contributed by atoms with van der Waals surface area (Å²) in [6.45, 7) is 0.701. The van der Waals surface area contributed by atoms with Crippen LogP contribution in [0, 0.1) is 0 Å². The summed E-state index contributed by atoms with van der Waals surface area (Å²) >= 11 is 3.39. The number of carbonyl (C=O) groups is 1. The van der Waals surface area contributed by atoms with E-state index in [1.165, 1.54) is 0 Å². The molecule has 0 aliphatic carbocycles. The van der Waals surface area contributed by atoms with Crippen molar-refractivity contribution in [2.24, 2.45) is 0 Å². The third-order valence-corrected chi connectivity index (χ3v) is 3.32. The van der Waals surface area contributed by atoms with Crippen LogP contribution in [0.3, 0.4) is 0 Å². The molecular formula is C12H9BrN2O3. The lowest BCUT2D eigenvalue weighted by Gasteiger charge is -2.05. The van der Waals surface area contributed by atoms with E-state index in [0.717, 1.165) is 15.9 Å². The highest BCUT2D eigenvalue weighted by Crippen LogP contribution is 2.27. The van der Waals surface area contributed by atoms with Crippen molar-refractivity contribution in [2.75, 3.05) is 0 Å². The first kappa shape index (κ1) is 11.4. The van der Waals surface area contributed by atoms with Crippen LogP contribution < -0.4 is 0 Å². The topological polar surface area (TPSA) is 64.3 Å². The molecule has 0 unspecified atom stereocenters. The van der Waals surface area contributed by atoms with Crippen LogP contribution >= 0.6 is 15.9 Å². The molecule has 92 valence electrons. The van der Waals surface area contributed by atoms with Crippen molar-refractivity contribution >= 4 is 21.9 Å². The first-order valence-electron chi connectivity index (χ1n) is 5.34. The molecule has 0 radical (unpaired) electrons. The van der Waals surface area contributed by atoms with Crippen LogP contribution in [0.4, 0.5) is 0 Å². The molecular weight excluding hydrogens is 300 g/mol. The van der Waals surface area contributed by atoms with Crippen molar-refractivity contribution in [3.05, 3.63) is 45.7 Å². The molecule has 0 bridgehead atoms. The fraction of sp³-hybridized carbons (Fsp3) is 0.167. The quantitative estimate of drug-likeness (QED) is 0.925. The number of aromatic nitrogens is 2. The van der Waals surface area contributed by atoms with Crippen molar-refractivity contribution in [3.8, 4) is 5.69 Å². The molecule has 0 fully saturated rings. The van der Waals surface area contributed by atoms with Crippen molar-refractivity contribution in [1.82, 2.24) is 9.78 Å². The number of benzene rings is 1. The van der Waals surface area contributed by atoms with Crippen LogP contribution in [0.5, 0.6) is 0 Å². The normalized spacial score (nSPS) is 13.6. The van der Waals surface area contributed by atoms with Crippen molar-refractivity contribution in [1.29, 1.82) is 0 Å². The second-order valence-electron chi connectivity index (χ2n) is 3.96. The van der Waals surface area contributed by atoms with Gasteiger partial charge in [-0.05, 0) is 18.2 Å². The Bertz CT molecular complexity index is 636. The van der Waals surface area contributed by atoms with Gasteiger partial charge in [0.1, 0.15) is 0 Å². The first-order chi connectivity index (χ1) is 8.66. The summed E-state index contributed by atoms with van der Waals surface area (Å²) in [5, 5.41) is 13.3. The Morgan fingerprint density at radius 2 is 2.28 bits per heavy atom. The lowest BCUT2D eigenvalue weighted by Crippen LogP contribution is -2.05. The predicted molar refractivity (Wildman–Crippen MR) is 66.7 cm³/mol. The van der Waals surface area contributed by atoms with Crippen LogP contribution in [0.15, 0.2) is 28.7 Å². The summed E-state index contributed by atoms with van der Waals surface area (Å²) in [6.07, 6.45) is 0. The number of carboxylic acids is 1. The Morgan fingerprint density at radius 1 is 1.44 bits per heavy atom. The number of aromatic carboxylic acids is 1. The van der Waals surface area contributed by atoms with E-state index in [0.29, 0.717) is 18.8 Å². The van der Waals surface area contributed by atoms with E-state index in [1.54, 1.807) is 4.68 Å². The number of hydrogen-bond donors (Lipinski definition) is 1. The highest BCUT2D eigenvalue weighted by atomic mass is 79.9.